The molecule has 0 bridgehead atoms. The molecule has 1 saturated carbocycles. The lowest BCUT2D eigenvalue weighted by Crippen LogP contribution is -2.20. The lowest BCUT2D eigenvalue weighted by atomic mass is 9.81. The number of benzene rings is 2. The van der Waals surface area contributed by atoms with Crippen LogP contribution in [0.5, 0.6) is 5.75 Å². The molecule has 1 nitrogen and oxygen atoms in total. The third-order valence-corrected chi connectivity index (χ3v) is 8.00. The number of allylic oxidation sites excluding steroid dienone is 2. The third-order valence-electron chi connectivity index (χ3n) is 8.00. The summed E-state index contributed by atoms with van der Waals surface area (Å²) in [5, 5.41) is 0. The van der Waals surface area contributed by atoms with Crippen LogP contribution >= 0.6 is 0 Å². The van der Waals surface area contributed by atoms with E-state index >= 15 is 8.78 Å². The van der Waals surface area contributed by atoms with Gasteiger partial charge in [0.05, 0.1) is 6.61 Å². The largest absolute Gasteiger partial charge is 0.490 e. The number of hydrogen-bond acceptors (Lipinski definition) is 1. The molecule has 0 spiro atoms. The smallest absolute Gasteiger partial charge is 0.201 e. The van der Waals surface area contributed by atoms with E-state index in [1.54, 1.807) is 0 Å². The van der Waals surface area contributed by atoms with Crippen LogP contribution in [0.2, 0.25) is 0 Å². The second-order valence-electron chi connectivity index (χ2n) is 10.3. The summed E-state index contributed by atoms with van der Waals surface area (Å²) in [7, 11) is 0. The zero-order chi connectivity index (χ0) is 24.9. The van der Waals surface area contributed by atoms with Crippen LogP contribution in [0.4, 0.5) is 17.6 Å². The van der Waals surface area contributed by atoms with Crippen molar-refractivity contribution >= 4 is 5.57 Å². The molecule has 2 aromatic carbocycles. The van der Waals surface area contributed by atoms with Gasteiger partial charge in [-0.1, -0.05) is 64.2 Å². The average Bonchev–Trinajstić information content (AvgIpc) is 2.88. The second kappa shape index (κ2) is 11.6. The molecule has 0 heterocycles. The van der Waals surface area contributed by atoms with Gasteiger partial charge in [-0.25, -0.2) is 13.2 Å². The molecule has 0 saturated heterocycles. The van der Waals surface area contributed by atoms with Crippen molar-refractivity contribution in [3.05, 3.63) is 59.2 Å². The summed E-state index contributed by atoms with van der Waals surface area (Å²) in [6.07, 6.45) is 12.2. The number of rotatable bonds is 8. The van der Waals surface area contributed by atoms with Gasteiger partial charge in [0.1, 0.15) is 0 Å². The zero-order valence-electron chi connectivity index (χ0n) is 20.8. The SMILES string of the molecule is CCCC1CC=C(c2ccc(-c3ccc(OCC4CCC(CC)CC4)c(F)c3F)c(F)c2F)CC1. The lowest BCUT2D eigenvalue weighted by Gasteiger charge is -2.27. The van der Waals surface area contributed by atoms with Gasteiger partial charge in [0.15, 0.2) is 23.2 Å². The Bertz CT molecular complexity index is 1050. The van der Waals surface area contributed by atoms with Crippen molar-refractivity contribution in [2.75, 3.05) is 6.61 Å². The van der Waals surface area contributed by atoms with Crippen LogP contribution in [0.3, 0.4) is 0 Å². The summed E-state index contributed by atoms with van der Waals surface area (Å²) >= 11 is 0. The summed E-state index contributed by atoms with van der Waals surface area (Å²) in [6, 6.07) is 5.41. The Labute approximate surface area is 206 Å². The zero-order valence-corrected chi connectivity index (χ0v) is 20.8. The highest BCUT2D eigenvalue weighted by molar-refractivity contribution is 5.72. The van der Waals surface area contributed by atoms with Crippen LogP contribution in [0.15, 0.2) is 30.3 Å². The molecule has 0 amide bonds. The Hall–Kier alpha value is -2.30. The minimum absolute atomic E-state index is 0.185. The Morgan fingerprint density at radius 1 is 0.714 bits per heavy atom. The van der Waals surface area contributed by atoms with Gasteiger partial charge >= 0.3 is 0 Å². The molecule has 1 atom stereocenters. The highest BCUT2D eigenvalue weighted by Gasteiger charge is 2.25. The van der Waals surface area contributed by atoms with Gasteiger partial charge < -0.3 is 4.74 Å². The molecule has 1 unspecified atom stereocenters. The maximum atomic E-state index is 15.0. The fourth-order valence-electron chi connectivity index (χ4n) is 5.67. The minimum Gasteiger partial charge on any atom is -0.490 e. The van der Waals surface area contributed by atoms with E-state index in [1.807, 2.05) is 6.08 Å². The van der Waals surface area contributed by atoms with Gasteiger partial charge in [-0.2, -0.15) is 4.39 Å². The number of halogens is 4. The van der Waals surface area contributed by atoms with Crippen molar-refractivity contribution < 1.29 is 22.3 Å². The van der Waals surface area contributed by atoms with Gasteiger partial charge in [-0.15, -0.1) is 0 Å². The maximum Gasteiger partial charge on any atom is 0.201 e. The van der Waals surface area contributed by atoms with E-state index in [2.05, 4.69) is 13.8 Å². The Kier molecular flexibility index (Phi) is 8.56. The van der Waals surface area contributed by atoms with Crippen molar-refractivity contribution in [3.8, 4) is 16.9 Å². The van der Waals surface area contributed by atoms with E-state index in [4.69, 9.17) is 4.74 Å². The molecular formula is C30H36F4O. The van der Waals surface area contributed by atoms with Crippen molar-refractivity contribution in [2.45, 2.75) is 78.1 Å². The molecule has 0 N–H and O–H groups in total. The Morgan fingerprint density at radius 3 is 1.94 bits per heavy atom. The molecule has 0 aliphatic heterocycles. The van der Waals surface area contributed by atoms with E-state index in [0.717, 1.165) is 62.9 Å². The van der Waals surface area contributed by atoms with Crippen LogP contribution in [0, 0.1) is 41.0 Å². The maximum absolute atomic E-state index is 15.0. The minimum atomic E-state index is -1.22. The van der Waals surface area contributed by atoms with Gasteiger partial charge in [0.2, 0.25) is 5.82 Å². The normalized spacial score (nSPS) is 22.7. The predicted molar refractivity (Wildman–Crippen MR) is 133 cm³/mol. The van der Waals surface area contributed by atoms with Crippen LogP contribution in [-0.4, -0.2) is 6.61 Å². The Balaban J connectivity index is 1.49. The van der Waals surface area contributed by atoms with Crippen LogP contribution in [0.1, 0.15) is 83.6 Å². The molecule has 2 aliphatic rings. The molecule has 0 radical (unpaired) electrons. The molecule has 1 fully saturated rings. The van der Waals surface area contributed by atoms with Crippen molar-refractivity contribution in [2.24, 2.45) is 17.8 Å². The first-order valence-electron chi connectivity index (χ1n) is 13.2. The van der Waals surface area contributed by atoms with E-state index in [9.17, 15) is 8.78 Å². The molecule has 190 valence electrons. The van der Waals surface area contributed by atoms with Crippen LogP contribution in [-0.2, 0) is 0 Å². The van der Waals surface area contributed by atoms with E-state index in [1.165, 1.54) is 30.7 Å². The summed E-state index contributed by atoms with van der Waals surface area (Å²) in [5.74, 6) is -3.08. The molecule has 35 heavy (non-hydrogen) atoms. The first kappa shape index (κ1) is 25.8. The van der Waals surface area contributed by atoms with Gasteiger partial charge in [-0.05, 0) is 67.6 Å². The van der Waals surface area contributed by atoms with Crippen LogP contribution in [0.25, 0.3) is 16.7 Å². The van der Waals surface area contributed by atoms with Gasteiger partial charge in [0.25, 0.3) is 0 Å². The van der Waals surface area contributed by atoms with E-state index < -0.39 is 23.3 Å². The van der Waals surface area contributed by atoms with Gasteiger partial charge in [-0.3, -0.25) is 0 Å². The molecule has 2 aliphatic carbocycles. The lowest BCUT2D eigenvalue weighted by molar-refractivity contribution is 0.175. The molecule has 2 aromatic rings. The topological polar surface area (TPSA) is 9.23 Å². The predicted octanol–water partition coefficient (Wildman–Crippen LogP) is 9.49. The number of ether oxygens (including phenoxy) is 1. The third kappa shape index (κ3) is 5.76. The van der Waals surface area contributed by atoms with Crippen LogP contribution < -0.4 is 4.74 Å². The summed E-state index contributed by atoms with van der Waals surface area (Å²) in [4.78, 5) is 0. The summed E-state index contributed by atoms with van der Waals surface area (Å²) in [6.45, 7) is 4.67. The van der Waals surface area contributed by atoms with E-state index in [-0.39, 0.29) is 22.4 Å². The summed E-state index contributed by atoms with van der Waals surface area (Å²) in [5.41, 5.74) is 0.401. The van der Waals surface area contributed by atoms with E-state index in [0.29, 0.717) is 24.9 Å². The summed E-state index contributed by atoms with van der Waals surface area (Å²) < 4.78 is 65.4. The molecular weight excluding hydrogens is 452 g/mol. The molecule has 0 aromatic heterocycles. The first-order valence-corrected chi connectivity index (χ1v) is 13.2. The quantitative estimate of drug-likeness (QED) is 0.336. The highest BCUT2D eigenvalue weighted by Crippen LogP contribution is 2.38. The fraction of sp³-hybridized carbons (Fsp3) is 0.533. The molecule has 5 heteroatoms. The fourth-order valence-corrected chi connectivity index (χ4v) is 5.67. The Morgan fingerprint density at radius 2 is 1.31 bits per heavy atom. The standard InChI is InChI=1S/C30H36F4O/c1-3-5-20-10-12-22(13-11-20)23-14-15-24(28(32)27(23)31)25-16-17-26(30(34)29(25)33)35-18-21-8-6-19(4-2)7-9-21/h12,14-17,19-21H,3-11,13,18H2,1-2H3. The van der Waals surface area contributed by atoms with Gasteiger partial charge in [0, 0.05) is 16.7 Å². The molecule has 4 rings (SSSR count). The van der Waals surface area contributed by atoms with Crippen molar-refractivity contribution in [1.29, 1.82) is 0 Å². The number of hydrogen-bond donors (Lipinski definition) is 0. The van der Waals surface area contributed by atoms with Crippen molar-refractivity contribution in [1.82, 2.24) is 0 Å². The average molecular weight is 489 g/mol. The van der Waals surface area contributed by atoms with Crippen molar-refractivity contribution in [3.63, 3.8) is 0 Å². The first-order chi connectivity index (χ1) is 16.9. The monoisotopic (exact) mass is 488 g/mol. The second-order valence-corrected chi connectivity index (χ2v) is 10.3. The highest BCUT2D eigenvalue weighted by atomic mass is 19.2.